The molecule has 0 unspecified atom stereocenters. The van der Waals surface area contributed by atoms with E-state index in [1.807, 2.05) is 6.07 Å². The molecule has 0 fully saturated rings. The van der Waals surface area contributed by atoms with Gasteiger partial charge in [-0.15, -0.1) is 0 Å². The third-order valence-corrected chi connectivity index (χ3v) is 3.60. The third kappa shape index (κ3) is 4.83. The summed E-state index contributed by atoms with van der Waals surface area (Å²) in [6.45, 7) is 0. The van der Waals surface area contributed by atoms with Gasteiger partial charge in [-0.3, -0.25) is 9.59 Å². The number of rotatable bonds is 5. The summed E-state index contributed by atoms with van der Waals surface area (Å²) in [6, 6.07) is 11.0. The second-order valence-corrected chi connectivity index (χ2v) is 5.52. The summed E-state index contributed by atoms with van der Waals surface area (Å²) in [4.78, 5) is 23.8. The van der Waals surface area contributed by atoms with Gasteiger partial charge in [-0.25, -0.2) is 0 Å². The fourth-order valence-electron chi connectivity index (χ4n) is 2.30. The highest BCUT2D eigenvalue weighted by Crippen LogP contribution is 2.29. The number of nitrogens with zero attached hydrogens (tertiary/aromatic N) is 1. The van der Waals surface area contributed by atoms with Crippen LogP contribution in [0.25, 0.3) is 0 Å². The first-order valence-corrected chi connectivity index (χ1v) is 7.47. The molecule has 134 valence electrons. The highest BCUT2D eigenvalue weighted by Gasteiger charge is 2.31. The van der Waals surface area contributed by atoms with Gasteiger partial charge in [0.1, 0.15) is 6.04 Å². The quantitative estimate of drug-likeness (QED) is 0.856. The molecule has 8 heteroatoms. The number of nitrogens with two attached hydrogens (primary N) is 1. The Balaban J connectivity index is 2.18. The van der Waals surface area contributed by atoms with E-state index >= 15 is 0 Å². The first-order chi connectivity index (χ1) is 12.2. The minimum Gasteiger partial charge on any atom is -0.368 e. The lowest BCUT2D eigenvalue weighted by atomic mass is 10.0. The SMILES string of the molecule is N#Cc1cccc(C[C@H](NC(=O)c2cccc(C(F)(F)F)c2)C(N)=O)c1. The molecule has 0 spiro atoms. The van der Waals surface area contributed by atoms with Crippen LogP contribution in [-0.4, -0.2) is 17.9 Å². The highest BCUT2D eigenvalue weighted by molar-refractivity contribution is 5.97. The molecule has 2 aromatic rings. The van der Waals surface area contributed by atoms with Crippen molar-refractivity contribution in [2.45, 2.75) is 18.6 Å². The molecule has 0 aliphatic heterocycles. The Labute approximate surface area is 147 Å². The predicted octanol–water partition coefficient (Wildman–Crippen LogP) is 2.40. The number of carbonyl (C=O) groups excluding carboxylic acids is 2. The summed E-state index contributed by atoms with van der Waals surface area (Å²) in [5.41, 5.74) is 5.02. The maximum atomic E-state index is 12.7. The van der Waals surface area contributed by atoms with E-state index in [0.29, 0.717) is 17.2 Å². The van der Waals surface area contributed by atoms with Gasteiger partial charge in [-0.05, 0) is 35.9 Å². The maximum absolute atomic E-state index is 12.7. The number of carbonyl (C=O) groups is 2. The molecule has 3 N–H and O–H groups in total. The van der Waals surface area contributed by atoms with E-state index in [1.54, 1.807) is 18.2 Å². The van der Waals surface area contributed by atoms with E-state index in [9.17, 15) is 22.8 Å². The van der Waals surface area contributed by atoms with E-state index in [-0.39, 0.29) is 12.0 Å². The van der Waals surface area contributed by atoms with Crippen molar-refractivity contribution in [1.82, 2.24) is 5.32 Å². The molecule has 1 atom stereocenters. The zero-order valence-corrected chi connectivity index (χ0v) is 13.4. The second-order valence-electron chi connectivity index (χ2n) is 5.52. The summed E-state index contributed by atoms with van der Waals surface area (Å²) in [5.74, 6) is -1.69. The van der Waals surface area contributed by atoms with Gasteiger partial charge in [0.05, 0.1) is 17.2 Å². The molecule has 0 aromatic heterocycles. The fourth-order valence-corrected chi connectivity index (χ4v) is 2.30. The van der Waals surface area contributed by atoms with Crippen molar-refractivity contribution in [2.75, 3.05) is 0 Å². The number of alkyl halides is 3. The minimum atomic E-state index is -4.59. The molecule has 0 aliphatic rings. The monoisotopic (exact) mass is 361 g/mol. The van der Waals surface area contributed by atoms with Crippen LogP contribution in [-0.2, 0) is 17.4 Å². The topological polar surface area (TPSA) is 96.0 Å². The predicted molar refractivity (Wildman–Crippen MR) is 86.8 cm³/mol. The third-order valence-electron chi connectivity index (χ3n) is 3.60. The van der Waals surface area contributed by atoms with Crippen LogP contribution < -0.4 is 11.1 Å². The normalized spacial score (nSPS) is 12.1. The number of nitrogens with one attached hydrogen (secondary N) is 1. The van der Waals surface area contributed by atoms with Gasteiger partial charge in [-0.1, -0.05) is 18.2 Å². The van der Waals surface area contributed by atoms with E-state index in [4.69, 9.17) is 11.0 Å². The zero-order chi connectivity index (χ0) is 19.3. The van der Waals surface area contributed by atoms with E-state index in [0.717, 1.165) is 12.1 Å². The van der Waals surface area contributed by atoms with Crippen LogP contribution in [0.5, 0.6) is 0 Å². The summed E-state index contributed by atoms with van der Waals surface area (Å²) in [7, 11) is 0. The molecule has 0 bridgehead atoms. The highest BCUT2D eigenvalue weighted by atomic mass is 19.4. The van der Waals surface area contributed by atoms with Crippen molar-refractivity contribution in [3.63, 3.8) is 0 Å². The average molecular weight is 361 g/mol. The number of hydrogen-bond acceptors (Lipinski definition) is 3. The Kier molecular flexibility index (Phi) is 5.62. The van der Waals surface area contributed by atoms with Crippen LogP contribution in [0.4, 0.5) is 13.2 Å². The van der Waals surface area contributed by atoms with Crippen molar-refractivity contribution < 1.29 is 22.8 Å². The van der Waals surface area contributed by atoms with Crippen LogP contribution in [0.3, 0.4) is 0 Å². The van der Waals surface area contributed by atoms with Crippen LogP contribution in [0.2, 0.25) is 0 Å². The first kappa shape index (κ1) is 19.0. The van der Waals surface area contributed by atoms with Crippen LogP contribution in [0.15, 0.2) is 48.5 Å². The first-order valence-electron chi connectivity index (χ1n) is 7.47. The Hall–Kier alpha value is -3.34. The van der Waals surface area contributed by atoms with Gasteiger partial charge in [0.25, 0.3) is 5.91 Å². The molecule has 26 heavy (non-hydrogen) atoms. The Morgan fingerprint density at radius 3 is 2.46 bits per heavy atom. The molecule has 0 heterocycles. The van der Waals surface area contributed by atoms with E-state index < -0.39 is 29.6 Å². The van der Waals surface area contributed by atoms with Crippen LogP contribution in [0.1, 0.15) is 27.0 Å². The Bertz CT molecular complexity index is 872. The second kappa shape index (κ2) is 7.70. The van der Waals surface area contributed by atoms with E-state index in [1.165, 1.54) is 12.1 Å². The van der Waals surface area contributed by atoms with Crippen molar-refractivity contribution in [1.29, 1.82) is 5.26 Å². The molecular weight excluding hydrogens is 347 g/mol. The molecule has 2 amide bonds. The van der Waals surface area contributed by atoms with Crippen LogP contribution in [0, 0.1) is 11.3 Å². The molecule has 0 saturated carbocycles. The smallest absolute Gasteiger partial charge is 0.368 e. The van der Waals surface area contributed by atoms with Crippen molar-refractivity contribution in [3.8, 4) is 6.07 Å². The Morgan fingerprint density at radius 1 is 1.15 bits per heavy atom. The van der Waals surface area contributed by atoms with Gasteiger partial charge in [0.15, 0.2) is 0 Å². The number of halogens is 3. The molecule has 2 rings (SSSR count). The Morgan fingerprint density at radius 2 is 1.85 bits per heavy atom. The van der Waals surface area contributed by atoms with Gasteiger partial charge in [0, 0.05) is 12.0 Å². The fraction of sp³-hybridized carbons (Fsp3) is 0.167. The van der Waals surface area contributed by atoms with E-state index in [2.05, 4.69) is 5.32 Å². The lowest BCUT2D eigenvalue weighted by Gasteiger charge is -2.16. The number of nitriles is 1. The van der Waals surface area contributed by atoms with Gasteiger partial charge in [-0.2, -0.15) is 18.4 Å². The average Bonchev–Trinajstić information content (AvgIpc) is 2.60. The number of benzene rings is 2. The molecule has 2 aromatic carbocycles. The van der Waals surface area contributed by atoms with Gasteiger partial charge >= 0.3 is 6.18 Å². The molecule has 0 saturated heterocycles. The molecule has 0 aliphatic carbocycles. The lowest BCUT2D eigenvalue weighted by Crippen LogP contribution is -2.45. The number of primary amides is 1. The summed E-state index contributed by atoms with van der Waals surface area (Å²) in [5, 5.41) is 11.2. The van der Waals surface area contributed by atoms with Gasteiger partial charge < -0.3 is 11.1 Å². The summed E-state index contributed by atoms with van der Waals surface area (Å²) < 4.78 is 38.2. The summed E-state index contributed by atoms with van der Waals surface area (Å²) >= 11 is 0. The minimum absolute atomic E-state index is 0.00948. The van der Waals surface area contributed by atoms with Crippen molar-refractivity contribution in [3.05, 3.63) is 70.8 Å². The number of hydrogen-bond donors (Lipinski definition) is 2. The van der Waals surface area contributed by atoms with Gasteiger partial charge in [0.2, 0.25) is 5.91 Å². The lowest BCUT2D eigenvalue weighted by molar-refractivity contribution is -0.137. The standard InChI is InChI=1S/C18H14F3N3O2/c19-18(20,21)14-6-2-5-13(9-14)17(26)24-15(16(23)25)8-11-3-1-4-12(7-11)10-22/h1-7,9,15H,8H2,(H2,23,25)(H,24,26)/t15-/m0/s1. The number of amides is 2. The molecule has 0 radical (unpaired) electrons. The summed E-state index contributed by atoms with van der Waals surface area (Å²) in [6.07, 6.45) is -4.58. The molecule has 5 nitrogen and oxygen atoms in total. The van der Waals surface area contributed by atoms with Crippen molar-refractivity contribution in [2.24, 2.45) is 5.73 Å². The largest absolute Gasteiger partial charge is 0.416 e. The van der Waals surface area contributed by atoms with Crippen LogP contribution >= 0.6 is 0 Å². The van der Waals surface area contributed by atoms with Crippen molar-refractivity contribution >= 4 is 11.8 Å². The molecular formula is C18H14F3N3O2. The maximum Gasteiger partial charge on any atom is 0.416 e. The zero-order valence-electron chi connectivity index (χ0n) is 13.4.